The molecule has 148 valence electrons. The van der Waals surface area contributed by atoms with Crippen LogP contribution in [-0.4, -0.2) is 33.9 Å². The molecule has 2 aliphatic rings. The standard InChI is InChI=1S/C22H19ClN2O3S/c23-12-11-16-13-29-21-17(24)20(26)25(21)18(16)22(27)28-19(14-7-3-1-4-8-14)15-9-5-2-6-10-15/h1-12,17,19,21H,13,24H2/b12-11+/t17?,21-/m1/s1. The average Bonchev–Trinajstić information content (AvgIpc) is 2.77. The maximum atomic E-state index is 13.3. The number of hydrogen-bond acceptors (Lipinski definition) is 5. The molecule has 0 aliphatic carbocycles. The summed E-state index contributed by atoms with van der Waals surface area (Å²) in [6.45, 7) is 0. The second-order valence-corrected chi connectivity index (χ2v) is 8.07. The molecule has 2 N–H and O–H groups in total. The number of allylic oxidation sites excluding steroid dienone is 1. The number of fused-ring (bicyclic) bond motifs is 1. The summed E-state index contributed by atoms with van der Waals surface area (Å²) >= 11 is 7.28. The number of carbonyl (C=O) groups is 2. The van der Waals surface area contributed by atoms with E-state index in [0.29, 0.717) is 11.3 Å². The lowest BCUT2D eigenvalue weighted by Crippen LogP contribution is -2.68. The summed E-state index contributed by atoms with van der Waals surface area (Å²) in [5.41, 5.74) is 9.79. The van der Waals surface area contributed by atoms with Gasteiger partial charge in [-0.05, 0) is 22.8 Å². The first kappa shape index (κ1) is 19.8. The van der Waals surface area contributed by atoms with Crippen molar-refractivity contribution in [2.45, 2.75) is 17.5 Å². The molecule has 0 radical (unpaired) electrons. The molecule has 5 nitrogen and oxygen atoms in total. The van der Waals surface area contributed by atoms with Gasteiger partial charge in [0.1, 0.15) is 17.1 Å². The van der Waals surface area contributed by atoms with Crippen molar-refractivity contribution in [3.8, 4) is 0 Å². The van der Waals surface area contributed by atoms with Crippen molar-refractivity contribution in [1.29, 1.82) is 0 Å². The van der Waals surface area contributed by atoms with E-state index in [1.54, 1.807) is 6.08 Å². The minimum atomic E-state index is -0.608. The number of esters is 1. The lowest BCUT2D eigenvalue weighted by atomic mass is 10.0. The Hall–Kier alpha value is -2.54. The maximum Gasteiger partial charge on any atom is 0.356 e. The van der Waals surface area contributed by atoms with Gasteiger partial charge in [-0.15, -0.1) is 11.8 Å². The third kappa shape index (κ3) is 3.71. The Kier molecular flexibility index (Phi) is 5.76. The van der Waals surface area contributed by atoms with Gasteiger partial charge in [-0.2, -0.15) is 0 Å². The molecule has 2 aliphatic heterocycles. The zero-order valence-corrected chi connectivity index (χ0v) is 17.0. The van der Waals surface area contributed by atoms with Crippen LogP contribution in [0.3, 0.4) is 0 Å². The number of β-lactam (4-membered cyclic amide) rings is 1. The first-order valence-electron chi connectivity index (χ1n) is 9.13. The Balaban J connectivity index is 1.70. The molecule has 2 aromatic carbocycles. The van der Waals surface area contributed by atoms with Gasteiger partial charge >= 0.3 is 5.97 Å². The van der Waals surface area contributed by atoms with Gasteiger partial charge in [-0.1, -0.05) is 72.3 Å². The zero-order chi connectivity index (χ0) is 20.4. The molecule has 1 unspecified atom stereocenters. The average molecular weight is 427 g/mol. The predicted octanol–water partition coefficient (Wildman–Crippen LogP) is 3.57. The predicted molar refractivity (Wildman–Crippen MR) is 114 cm³/mol. The normalized spacial score (nSPS) is 21.3. The molecule has 1 amide bonds. The van der Waals surface area contributed by atoms with Crippen LogP contribution >= 0.6 is 23.4 Å². The van der Waals surface area contributed by atoms with Gasteiger partial charge in [-0.3, -0.25) is 9.69 Å². The van der Waals surface area contributed by atoms with Gasteiger partial charge < -0.3 is 10.5 Å². The summed E-state index contributed by atoms with van der Waals surface area (Å²) in [4.78, 5) is 27.1. The Morgan fingerprint density at radius 1 is 1.14 bits per heavy atom. The highest BCUT2D eigenvalue weighted by molar-refractivity contribution is 8.00. The van der Waals surface area contributed by atoms with E-state index in [9.17, 15) is 9.59 Å². The summed E-state index contributed by atoms with van der Waals surface area (Å²) in [5, 5.41) is -0.260. The van der Waals surface area contributed by atoms with Crippen molar-refractivity contribution in [2.75, 3.05) is 5.75 Å². The molecule has 1 saturated heterocycles. The van der Waals surface area contributed by atoms with Crippen molar-refractivity contribution in [1.82, 2.24) is 4.90 Å². The van der Waals surface area contributed by atoms with E-state index in [1.165, 1.54) is 22.2 Å². The molecule has 2 heterocycles. The van der Waals surface area contributed by atoms with Crippen LogP contribution in [0.1, 0.15) is 17.2 Å². The Morgan fingerprint density at radius 2 is 1.72 bits per heavy atom. The van der Waals surface area contributed by atoms with Crippen LogP contribution in [0.15, 0.2) is 83.5 Å². The Bertz CT molecular complexity index is 939. The topological polar surface area (TPSA) is 72.6 Å². The Morgan fingerprint density at radius 3 is 2.28 bits per heavy atom. The van der Waals surface area contributed by atoms with E-state index in [2.05, 4.69) is 0 Å². The van der Waals surface area contributed by atoms with Crippen LogP contribution in [0.5, 0.6) is 0 Å². The minimum Gasteiger partial charge on any atom is -0.448 e. The number of carbonyl (C=O) groups excluding carboxylic acids is 2. The van der Waals surface area contributed by atoms with Gasteiger partial charge in [-0.25, -0.2) is 4.79 Å². The third-order valence-electron chi connectivity index (χ3n) is 4.93. The lowest BCUT2D eigenvalue weighted by Gasteiger charge is -2.48. The number of ether oxygens (including phenoxy) is 1. The van der Waals surface area contributed by atoms with E-state index < -0.39 is 18.1 Å². The number of halogens is 1. The fourth-order valence-electron chi connectivity index (χ4n) is 3.48. The summed E-state index contributed by atoms with van der Waals surface area (Å²) in [6, 6.07) is 18.4. The molecule has 0 bridgehead atoms. The van der Waals surface area contributed by atoms with Gasteiger partial charge in [0.05, 0.1) is 0 Å². The smallest absolute Gasteiger partial charge is 0.356 e. The number of thioether (sulfide) groups is 1. The summed E-state index contributed by atoms with van der Waals surface area (Å²) in [5.74, 6) is -0.333. The molecule has 2 aromatic rings. The molecule has 7 heteroatoms. The number of rotatable bonds is 5. The van der Waals surface area contributed by atoms with E-state index in [1.807, 2.05) is 60.7 Å². The molecular formula is C22H19ClN2O3S. The number of hydrogen-bond donors (Lipinski definition) is 1. The van der Waals surface area contributed by atoms with Crippen LogP contribution in [0.25, 0.3) is 0 Å². The highest BCUT2D eigenvalue weighted by Crippen LogP contribution is 2.41. The van der Waals surface area contributed by atoms with Crippen molar-refractivity contribution in [3.63, 3.8) is 0 Å². The van der Waals surface area contributed by atoms with E-state index in [0.717, 1.165) is 11.1 Å². The monoisotopic (exact) mass is 426 g/mol. The quantitative estimate of drug-likeness (QED) is 0.584. The molecular weight excluding hydrogens is 408 g/mol. The van der Waals surface area contributed by atoms with Gasteiger partial charge in [0, 0.05) is 11.3 Å². The molecule has 0 saturated carbocycles. The molecule has 2 atom stereocenters. The van der Waals surface area contributed by atoms with Gasteiger partial charge in [0.15, 0.2) is 6.10 Å². The Labute approximate surface area is 178 Å². The van der Waals surface area contributed by atoms with E-state index in [-0.39, 0.29) is 17.0 Å². The largest absolute Gasteiger partial charge is 0.448 e. The molecule has 4 rings (SSSR count). The number of nitrogens with two attached hydrogens (primary N) is 1. The summed E-state index contributed by atoms with van der Waals surface area (Å²) < 4.78 is 5.96. The fourth-order valence-corrected chi connectivity index (χ4v) is 4.90. The highest BCUT2D eigenvalue weighted by Gasteiger charge is 2.52. The molecule has 0 aromatic heterocycles. The third-order valence-corrected chi connectivity index (χ3v) is 6.38. The number of nitrogens with zero attached hydrogens (tertiary/aromatic N) is 1. The van der Waals surface area contributed by atoms with Crippen LogP contribution in [0.2, 0.25) is 0 Å². The zero-order valence-electron chi connectivity index (χ0n) is 15.4. The first-order valence-corrected chi connectivity index (χ1v) is 10.6. The minimum absolute atomic E-state index is 0.217. The highest BCUT2D eigenvalue weighted by atomic mass is 35.5. The van der Waals surface area contributed by atoms with Gasteiger partial charge in [0.25, 0.3) is 0 Å². The van der Waals surface area contributed by atoms with Crippen LogP contribution in [0.4, 0.5) is 0 Å². The molecule has 0 spiro atoms. The van der Waals surface area contributed by atoms with Crippen molar-refractivity contribution < 1.29 is 14.3 Å². The SMILES string of the molecule is NC1C(=O)N2C(C(=O)OC(c3ccccc3)c3ccccc3)=C(/C=C/Cl)CS[C@H]12. The van der Waals surface area contributed by atoms with Crippen molar-refractivity contribution in [3.05, 3.63) is 94.7 Å². The number of benzene rings is 2. The van der Waals surface area contributed by atoms with Crippen LogP contribution in [-0.2, 0) is 14.3 Å². The van der Waals surface area contributed by atoms with Crippen molar-refractivity contribution in [2.24, 2.45) is 5.73 Å². The van der Waals surface area contributed by atoms with E-state index >= 15 is 0 Å². The maximum absolute atomic E-state index is 13.3. The second-order valence-electron chi connectivity index (χ2n) is 6.71. The van der Waals surface area contributed by atoms with Crippen molar-refractivity contribution >= 4 is 35.2 Å². The fraction of sp³-hybridized carbons (Fsp3) is 0.182. The van der Waals surface area contributed by atoms with Crippen LogP contribution in [0, 0.1) is 0 Å². The van der Waals surface area contributed by atoms with Crippen LogP contribution < -0.4 is 5.73 Å². The molecule has 29 heavy (non-hydrogen) atoms. The first-order chi connectivity index (χ1) is 14.1. The summed E-state index contributed by atoms with van der Waals surface area (Å²) in [6.07, 6.45) is 1.02. The number of amides is 1. The molecule has 1 fully saturated rings. The summed E-state index contributed by atoms with van der Waals surface area (Å²) in [7, 11) is 0. The second kappa shape index (κ2) is 8.45. The van der Waals surface area contributed by atoms with Gasteiger partial charge in [0.2, 0.25) is 5.91 Å². The van der Waals surface area contributed by atoms with E-state index in [4.69, 9.17) is 22.1 Å². The lowest BCUT2D eigenvalue weighted by molar-refractivity contribution is -0.153.